The Labute approximate surface area is 176 Å². The van der Waals surface area contributed by atoms with Gasteiger partial charge >= 0.3 is 0 Å². The minimum absolute atomic E-state index is 0.305. The molecule has 1 atom stereocenters. The highest BCUT2D eigenvalue weighted by atomic mass is 16.5. The molecule has 1 fully saturated rings. The maximum atomic E-state index is 12.1. The number of fused-ring (bicyclic) bond motifs is 2. The topological polar surface area (TPSA) is 81.3 Å². The summed E-state index contributed by atoms with van der Waals surface area (Å²) in [5.74, 6) is 0.590. The van der Waals surface area contributed by atoms with Crippen molar-refractivity contribution in [2.45, 2.75) is 51.2 Å². The van der Waals surface area contributed by atoms with Crippen molar-refractivity contribution in [3.8, 4) is 17.0 Å². The average molecular weight is 402 g/mol. The second kappa shape index (κ2) is 7.69. The highest BCUT2D eigenvalue weighted by Crippen LogP contribution is 2.44. The zero-order chi connectivity index (χ0) is 20.7. The molecule has 1 aliphatic heterocycles. The molecule has 0 saturated heterocycles. The molecule has 30 heavy (non-hydrogen) atoms. The van der Waals surface area contributed by atoms with Crippen molar-refractivity contribution in [2.75, 3.05) is 12.3 Å². The number of nitrogen functional groups attached to an aromatic ring is 1. The van der Waals surface area contributed by atoms with E-state index in [1.54, 1.807) is 6.20 Å². The van der Waals surface area contributed by atoms with Crippen LogP contribution in [0.25, 0.3) is 22.0 Å². The van der Waals surface area contributed by atoms with Crippen LogP contribution in [0.3, 0.4) is 0 Å². The van der Waals surface area contributed by atoms with Crippen LogP contribution in [0.2, 0.25) is 0 Å². The van der Waals surface area contributed by atoms with Crippen LogP contribution in [-0.4, -0.2) is 33.8 Å². The molecule has 2 aliphatic rings. The number of nitrogens with zero attached hydrogens (tertiary/aromatic N) is 3. The lowest BCUT2D eigenvalue weighted by molar-refractivity contribution is -0.113. The number of carbonyl (C=O) groups excluding carboxylic acids is 1. The molecule has 0 spiro atoms. The lowest BCUT2D eigenvalue weighted by Gasteiger charge is -2.27. The summed E-state index contributed by atoms with van der Waals surface area (Å²) in [5.41, 5.74) is 11.8. The normalized spacial score (nSPS) is 19.3. The zero-order valence-corrected chi connectivity index (χ0v) is 17.2. The van der Waals surface area contributed by atoms with Gasteiger partial charge in [0.05, 0.1) is 23.9 Å². The second-order valence-corrected chi connectivity index (χ2v) is 8.07. The number of para-hydroxylation sites is 1. The molecule has 2 aromatic heterocycles. The minimum Gasteiger partial charge on any atom is -0.478 e. The van der Waals surface area contributed by atoms with Crippen LogP contribution in [0, 0.1) is 0 Å². The number of rotatable bonds is 5. The van der Waals surface area contributed by atoms with Gasteiger partial charge in [0, 0.05) is 46.5 Å². The summed E-state index contributed by atoms with van der Waals surface area (Å²) in [6.07, 6.45) is 7.48. The number of anilines is 1. The summed E-state index contributed by atoms with van der Waals surface area (Å²) < 4.78 is 5.76. The molecule has 0 radical (unpaired) electrons. The Hall–Kier alpha value is -2.99. The van der Waals surface area contributed by atoms with Gasteiger partial charge in [-0.25, -0.2) is 4.98 Å². The first kappa shape index (κ1) is 19.0. The van der Waals surface area contributed by atoms with Gasteiger partial charge in [0.15, 0.2) is 0 Å². The predicted molar refractivity (Wildman–Crippen MR) is 117 cm³/mol. The molecule has 0 amide bonds. The first-order chi connectivity index (χ1) is 14.7. The Kier molecular flexibility index (Phi) is 4.87. The molecule has 5 rings (SSSR count). The summed E-state index contributed by atoms with van der Waals surface area (Å²) in [4.78, 5) is 23.8. The standard InChI is InChI=1S/C24H26N4O2/c1-2-30-24-17(11-6-12-26-24)16-9-5-10-18-22(25)21-19(27-23(16)18)13-28(20(21)14-29)15-7-3-4-8-15/h5-6,9-12,14-15,20H,2-4,7-8,13H2,1H3,(H2,25,27). The van der Waals surface area contributed by atoms with Crippen molar-refractivity contribution < 1.29 is 9.53 Å². The summed E-state index contributed by atoms with van der Waals surface area (Å²) in [7, 11) is 0. The van der Waals surface area contributed by atoms with Crippen LogP contribution < -0.4 is 10.5 Å². The summed E-state index contributed by atoms with van der Waals surface area (Å²) in [6, 6.07) is 10.0. The molecule has 0 bridgehead atoms. The van der Waals surface area contributed by atoms with Crippen molar-refractivity contribution in [1.29, 1.82) is 0 Å². The van der Waals surface area contributed by atoms with E-state index in [-0.39, 0.29) is 6.04 Å². The van der Waals surface area contributed by atoms with Gasteiger partial charge in [0.2, 0.25) is 5.88 Å². The highest BCUT2D eigenvalue weighted by Gasteiger charge is 2.38. The molecular weight excluding hydrogens is 376 g/mol. The van der Waals surface area contributed by atoms with Crippen LogP contribution >= 0.6 is 0 Å². The first-order valence-electron chi connectivity index (χ1n) is 10.7. The van der Waals surface area contributed by atoms with Gasteiger partial charge in [-0.1, -0.05) is 31.0 Å². The monoisotopic (exact) mass is 402 g/mol. The molecule has 1 unspecified atom stereocenters. The summed E-state index contributed by atoms with van der Waals surface area (Å²) in [6.45, 7) is 3.15. The Bertz CT molecular complexity index is 1110. The van der Waals surface area contributed by atoms with E-state index >= 15 is 0 Å². The van der Waals surface area contributed by atoms with Gasteiger partial charge < -0.3 is 15.3 Å². The maximum Gasteiger partial charge on any atom is 0.221 e. The fourth-order valence-corrected chi connectivity index (χ4v) is 5.07. The molecule has 154 valence electrons. The molecular formula is C24H26N4O2. The number of hydrogen-bond acceptors (Lipinski definition) is 6. The van der Waals surface area contributed by atoms with Crippen LogP contribution in [0.1, 0.15) is 49.9 Å². The molecule has 6 nitrogen and oxygen atoms in total. The Morgan fingerprint density at radius 3 is 2.77 bits per heavy atom. The Morgan fingerprint density at radius 1 is 1.20 bits per heavy atom. The van der Waals surface area contributed by atoms with Gasteiger partial charge in [-0.05, 0) is 31.9 Å². The fraction of sp³-hybridized carbons (Fsp3) is 0.375. The van der Waals surface area contributed by atoms with Crippen molar-refractivity contribution in [3.05, 3.63) is 47.8 Å². The number of aldehydes is 1. The molecule has 1 aliphatic carbocycles. The Morgan fingerprint density at radius 2 is 2.00 bits per heavy atom. The van der Waals surface area contributed by atoms with E-state index in [0.717, 1.165) is 52.4 Å². The van der Waals surface area contributed by atoms with Gasteiger partial charge in [-0.2, -0.15) is 0 Å². The zero-order valence-electron chi connectivity index (χ0n) is 17.2. The lowest BCUT2D eigenvalue weighted by atomic mass is 9.98. The number of pyridine rings is 2. The van der Waals surface area contributed by atoms with Crippen LogP contribution in [0.15, 0.2) is 36.5 Å². The van der Waals surface area contributed by atoms with Crippen molar-refractivity contribution >= 4 is 22.9 Å². The number of carbonyl (C=O) groups is 1. The smallest absolute Gasteiger partial charge is 0.221 e. The van der Waals surface area contributed by atoms with E-state index in [1.165, 1.54) is 12.8 Å². The predicted octanol–water partition coefficient (Wildman–Crippen LogP) is 4.28. The van der Waals surface area contributed by atoms with Gasteiger partial charge in [0.1, 0.15) is 6.29 Å². The third-order valence-corrected chi connectivity index (χ3v) is 6.42. The lowest BCUT2D eigenvalue weighted by Crippen LogP contribution is -2.32. The van der Waals surface area contributed by atoms with E-state index in [4.69, 9.17) is 15.5 Å². The average Bonchev–Trinajstić information content (AvgIpc) is 3.42. The van der Waals surface area contributed by atoms with Gasteiger partial charge in [-0.15, -0.1) is 0 Å². The largest absolute Gasteiger partial charge is 0.478 e. The molecule has 3 heterocycles. The molecule has 2 N–H and O–H groups in total. The Balaban J connectivity index is 1.68. The van der Waals surface area contributed by atoms with Gasteiger partial charge in [0.25, 0.3) is 0 Å². The van der Waals surface area contributed by atoms with E-state index in [0.29, 0.717) is 30.8 Å². The number of nitrogens with two attached hydrogens (primary N) is 1. The van der Waals surface area contributed by atoms with Crippen LogP contribution in [-0.2, 0) is 11.3 Å². The molecule has 1 saturated carbocycles. The molecule has 3 aromatic rings. The number of hydrogen-bond donors (Lipinski definition) is 1. The number of ether oxygens (including phenoxy) is 1. The van der Waals surface area contributed by atoms with Gasteiger partial charge in [-0.3, -0.25) is 9.88 Å². The number of aromatic nitrogens is 2. The summed E-state index contributed by atoms with van der Waals surface area (Å²) in [5, 5.41) is 0.873. The van der Waals surface area contributed by atoms with E-state index in [9.17, 15) is 4.79 Å². The van der Waals surface area contributed by atoms with Crippen LogP contribution in [0.5, 0.6) is 5.88 Å². The van der Waals surface area contributed by atoms with Crippen molar-refractivity contribution in [1.82, 2.24) is 14.9 Å². The molecule has 6 heteroatoms. The summed E-state index contributed by atoms with van der Waals surface area (Å²) >= 11 is 0. The highest BCUT2D eigenvalue weighted by molar-refractivity contribution is 6.02. The first-order valence-corrected chi connectivity index (χ1v) is 10.7. The fourth-order valence-electron chi connectivity index (χ4n) is 5.07. The third kappa shape index (κ3) is 2.94. The van der Waals surface area contributed by atoms with Crippen molar-refractivity contribution in [3.63, 3.8) is 0 Å². The van der Waals surface area contributed by atoms with Crippen molar-refractivity contribution in [2.24, 2.45) is 0 Å². The second-order valence-electron chi connectivity index (χ2n) is 8.07. The quantitative estimate of drug-likeness (QED) is 0.642. The molecule has 1 aromatic carbocycles. The number of benzene rings is 1. The van der Waals surface area contributed by atoms with E-state index in [1.807, 2.05) is 37.3 Å². The van der Waals surface area contributed by atoms with Crippen LogP contribution in [0.4, 0.5) is 5.69 Å². The van der Waals surface area contributed by atoms with E-state index in [2.05, 4.69) is 9.88 Å². The van der Waals surface area contributed by atoms with E-state index < -0.39 is 0 Å². The SMILES string of the molecule is CCOc1ncccc1-c1cccc2c(N)c3c(nc12)CN(C1CCCC1)C3C=O. The minimum atomic E-state index is -0.305. The third-order valence-electron chi connectivity index (χ3n) is 6.42. The maximum absolute atomic E-state index is 12.1.